The normalized spacial score (nSPS) is 11.1. The molecule has 110 valence electrons. The summed E-state index contributed by atoms with van der Waals surface area (Å²) in [6.07, 6.45) is 2.47. The predicted octanol–water partition coefficient (Wildman–Crippen LogP) is 2.47. The van der Waals surface area contributed by atoms with E-state index in [1.807, 2.05) is 0 Å². The quantitative estimate of drug-likeness (QED) is 0.841. The van der Waals surface area contributed by atoms with Crippen LogP contribution in [0.3, 0.4) is 0 Å². The maximum Gasteiger partial charge on any atom is 0.338 e. The number of carbonyl (C=O) groups is 1. The van der Waals surface area contributed by atoms with Gasteiger partial charge in [0.05, 0.1) is 11.8 Å². The van der Waals surface area contributed by atoms with E-state index in [1.165, 1.54) is 12.3 Å². The number of nitrogens with zero attached hydrogens (tertiary/aromatic N) is 1. The minimum absolute atomic E-state index is 0.100. The lowest BCUT2D eigenvalue weighted by Gasteiger charge is -2.08. The predicted molar refractivity (Wildman–Crippen MR) is 80.1 cm³/mol. The molecular formula is C13H11ClN2O4S. The zero-order chi connectivity index (χ0) is 15.6. The number of pyridine rings is 1. The zero-order valence-electron chi connectivity index (χ0n) is 10.9. The van der Waals surface area contributed by atoms with Gasteiger partial charge in [-0.3, -0.25) is 4.72 Å². The highest BCUT2D eigenvalue weighted by Gasteiger charge is 2.12. The average molecular weight is 327 g/mol. The van der Waals surface area contributed by atoms with Crippen molar-refractivity contribution in [3.63, 3.8) is 0 Å². The highest BCUT2D eigenvalue weighted by molar-refractivity contribution is 7.92. The number of rotatable bonds is 4. The largest absolute Gasteiger partial charge is 0.478 e. The molecule has 0 aliphatic rings. The number of anilines is 1. The van der Waals surface area contributed by atoms with Gasteiger partial charge < -0.3 is 5.11 Å². The van der Waals surface area contributed by atoms with Gasteiger partial charge in [-0.2, -0.15) is 0 Å². The molecule has 0 amide bonds. The van der Waals surface area contributed by atoms with Crippen LogP contribution < -0.4 is 4.72 Å². The van der Waals surface area contributed by atoms with E-state index in [4.69, 9.17) is 16.7 Å². The van der Waals surface area contributed by atoms with Crippen LogP contribution in [-0.4, -0.2) is 30.7 Å². The van der Waals surface area contributed by atoms with Gasteiger partial charge in [-0.05, 0) is 23.8 Å². The van der Waals surface area contributed by atoms with Crippen molar-refractivity contribution < 1.29 is 18.3 Å². The lowest BCUT2D eigenvalue weighted by molar-refractivity contribution is 0.0696. The van der Waals surface area contributed by atoms with Crippen molar-refractivity contribution in [2.24, 2.45) is 0 Å². The van der Waals surface area contributed by atoms with Crippen LogP contribution in [0.1, 0.15) is 10.4 Å². The summed E-state index contributed by atoms with van der Waals surface area (Å²) in [6.45, 7) is 0. The molecule has 0 unspecified atom stereocenters. The van der Waals surface area contributed by atoms with Gasteiger partial charge >= 0.3 is 5.97 Å². The third-order valence-electron chi connectivity index (χ3n) is 2.57. The number of benzene rings is 1. The Hall–Kier alpha value is -2.12. The molecule has 0 aliphatic carbocycles. The van der Waals surface area contributed by atoms with Gasteiger partial charge in [0, 0.05) is 17.4 Å². The molecule has 0 radical (unpaired) electrons. The van der Waals surface area contributed by atoms with Crippen LogP contribution in [0.4, 0.5) is 5.69 Å². The van der Waals surface area contributed by atoms with Crippen LogP contribution in [-0.2, 0) is 10.0 Å². The van der Waals surface area contributed by atoms with Crippen molar-refractivity contribution in [3.8, 4) is 11.1 Å². The van der Waals surface area contributed by atoms with Crippen LogP contribution in [0.5, 0.6) is 0 Å². The molecule has 21 heavy (non-hydrogen) atoms. The van der Waals surface area contributed by atoms with E-state index < -0.39 is 16.0 Å². The Bertz CT molecular complexity index is 806. The highest BCUT2D eigenvalue weighted by atomic mass is 35.5. The third-order valence-corrected chi connectivity index (χ3v) is 3.48. The first kappa shape index (κ1) is 15.3. The second-order valence-electron chi connectivity index (χ2n) is 4.32. The Morgan fingerprint density at radius 2 is 2.00 bits per heavy atom. The minimum atomic E-state index is -3.39. The highest BCUT2D eigenvalue weighted by Crippen LogP contribution is 2.25. The molecule has 0 aliphatic heterocycles. The van der Waals surface area contributed by atoms with Gasteiger partial charge in [0.2, 0.25) is 10.0 Å². The summed E-state index contributed by atoms with van der Waals surface area (Å²) >= 11 is 5.71. The lowest BCUT2D eigenvalue weighted by atomic mass is 10.1. The molecule has 2 N–H and O–H groups in total. The second kappa shape index (κ2) is 5.71. The van der Waals surface area contributed by atoms with Gasteiger partial charge in [0.1, 0.15) is 5.15 Å². The maximum absolute atomic E-state index is 11.2. The molecule has 1 aromatic carbocycles. The van der Waals surface area contributed by atoms with Gasteiger partial charge in [0.25, 0.3) is 0 Å². The Morgan fingerprint density at radius 1 is 1.29 bits per heavy atom. The molecule has 1 aromatic heterocycles. The fourth-order valence-electron chi connectivity index (χ4n) is 1.73. The van der Waals surface area contributed by atoms with E-state index in [0.717, 1.165) is 6.26 Å². The van der Waals surface area contributed by atoms with Gasteiger partial charge in [-0.15, -0.1) is 0 Å². The first-order chi connectivity index (χ1) is 9.76. The monoisotopic (exact) mass is 326 g/mol. The number of aromatic nitrogens is 1. The van der Waals surface area contributed by atoms with Crippen LogP contribution in [0.2, 0.25) is 5.15 Å². The van der Waals surface area contributed by atoms with Crippen molar-refractivity contribution in [1.82, 2.24) is 4.98 Å². The number of carboxylic acids is 1. The Morgan fingerprint density at radius 3 is 2.62 bits per heavy atom. The van der Waals surface area contributed by atoms with E-state index in [0.29, 0.717) is 16.8 Å². The first-order valence-electron chi connectivity index (χ1n) is 5.73. The Labute approximate surface area is 126 Å². The summed E-state index contributed by atoms with van der Waals surface area (Å²) in [6, 6.07) is 7.92. The molecule has 8 heteroatoms. The van der Waals surface area contributed by atoms with Crippen molar-refractivity contribution in [1.29, 1.82) is 0 Å². The Kier molecular flexibility index (Phi) is 4.15. The zero-order valence-corrected chi connectivity index (χ0v) is 12.4. The summed E-state index contributed by atoms with van der Waals surface area (Å²) in [5, 5.41) is 8.93. The molecule has 0 spiro atoms. The summed E-state index contributed by atoms with van der Waals surface area (Å²) in [4.78, 5) is 14.9. The molecule has 0 saturated carbocycles. The SMILES string of the molecule is CS(=O)(=O)Nc1cccc(-c2cnc(Cl)c(C(=O)O)c2)c1. The molecule has 0 bridgehead atoms. The molecular weight excluding hydrogens is 316 g/mol. The van der Waals surface area contributed by atoms with Crippen LogP contribution in [0.25, 0.3) is 11.1 Å². The number of sulfonamides is 1. The molecule has 0 atom stereocenters. The van der Waals surface area contributed by atoms with E-state index in [-0.39, 0.29) is 10.7 Å². The molecule has 0 fully saturated rings. The standard InChI is InChI=1S/C13H11ClN2O4S/c1-21(19,20)16-10-4-2-3-8(5-10)9-6-11(13(17)18)12(14)15-7-9/h2-7,16H,1H3,(H,17,18). The average Bonchev–Trinajstić information content (AvgIpc) is 2.37. The molecule has 2 aromatic rings. The number of hydrogen-bond donors (Lipinski definition) is 2. The number of nitrogens with one attached hydrogen (secondary N) is 1. The van der Waals surface area contributed by atoms with Gasteiger partial charge in [-0.25, -0.2) is 18.2 Å². The van der Waals surface area contributed by atoms with Crippen LogP contribution >= 0.6 is 11.6 Å². The number of aromatic carboxylic acids is 1. The van der Waals surface area contributed by atoms with Crippen LogP contribution in [0, 0.1) is 0 Å². The third kappa shape index (κ3) is 3.93. The first-order valence-corrected chi connectivity index (χ1v) is 8.00. The fourth-order valence-corrected chi connectivity index (χ4v) is 2.47. The smallest absolute Gasteiger partial charge is 0.338 e. The van der Waals surface area contributed by atoms with Crippen LogP contribution in [0.15, 0.2) is 36.5 Å². The maximum atomic E-state index is 11.2. The van der Waals surface area contributed by atoms with Crippen molar-refractivity contribution >= 4 is 33.3 Å². The number of hydrogen-bond acceptors (Lipinski definition) is 4. The van der Waals surface area contributed by atoms with Crippen molar-refractivity contribution in [2.75, 3.05) is 11.0 Å². The molecule has 6 nitrogen and oxygen atoms in total. The topological polar surface area (TPSA) is 96.4 Å². The van der Waals surface area contributed by atoms with Crippen molar-refractivity contribution in [2.45, 2.75) is 0 Å². The summed E-state index contributed by atoms with van der Waals surface area (Å²) < 4.78 is 24.8. The summed E-state index contributed by atoms with van der Waals surface area (Å²) in [5.41, 5.74) is 1.40. The lowest BCUT2D eigenvalue weighted by Crippen LogP contribution is -2.09. The summed E-state index contributed by atoms with van der Waals surface area (Å²) in [7, 11) is -3.39. The van der Waals surface area contributed by atoms with E-state index in [2.05, 4.69) is 9.71 Å². The fraction of sp³-hybridized carbons (Fsp3) is 0.0769. The Balaban J connectivity index is 2.45. The molecule has 1 heterocycles. The molecule has 0 saturated heterocycles. The summed E-state index contributed by atoms with van der Waals surface area (Å²) in [5.74, 6) is -1.18. The van der Waals surface area contributed by atoms with E-state index >= 15 is 0 Å². The van der Waals surface area contributed by atoms with Crippen molar-refractivity contribution in [3.05, 3.63) is 47.2 Å². The van der Waals surface area contributed by atoms with E-state index in [1.54, 1.807) is 24.3 Å². The number of halogens is 1. The second-order valence-corrected chi connectivity index (χ2v) is 6.43. The van der Waals surface area contributed by atoms with Gasteiger partial charge in [-0.1, -0.05) is 23.7 Å². The van der Waals surface area contributed by atoms with Gasteiger partial charge in [0.15, 0.2) is 0 Å². The van der Waals surface area contributed by atoms with E-state index in [9.17, 15) is 13.2 Å². The number of carboxylic acid groups (broad SMARTS) is 1. The minimum Gasteiger partial charge on any atom is -0.478 e. The molecule has 2 rings (SSSR count).